The molecule has 0 aliphatic carbocycles. The molecule has 7 nitrogen and oxygen atoms in total. The van der Waals surface area contributed by atoms with Crippen molar-refractivity contribution in [3.63, 3.8) is 0 Å². The van der Waals surface area contributed by atoms with Crippen molar-refractivity contribution in [1.82, 2.24) is 25.2 Å². The number of aryl methyl sites for hydroxylation is 1. The zero-order valence-corrected chi connectivity index (χ0v) is 13.6. The Balaban J connectivity index is 2.13. The van der Waals surface area contributed by atoms with Gasteiger partial charge in [0, 0.05) is 11.9 Å². The molecule has 0 spiro atoms. The van der Waals surface area contributed by atoms with Crippen LogP contribution in [0.5, 0.6) is 0 Å². The summed E-state index contributed by atoms with van der Waals surface area (Å²) < 4.78 is 27.4. The van der Waals surface area contributed by atoms with E-state index in [9.17, 15) is 8.42 Å². The summed E-state index contributed by atoms with van der Waals surface area (Å²) in [6.07, 6.45) is 0.980. The summed E-state index contributed by atoms with van der Waals surface area (Å²) >= 11 is 1.43. The average molecular weight is 329 g/mol. The minimum atomic E-state index is -3.61. The first kappa shape index (κ1) is 16.1. The maximum absolute atomic E-state index is 12.4. The molecule has 2 heterocycles. The van der Waals surface area contributed by atoms with Crippen LogP contribution in [0.4, 0.5) is 0 Å². The van der Waals surface area contributed by atoms with Crippen molar-refractivity contribution in [2.75, 3.05) is 6.54 Å². The molecular weight excluding hydrogens is 310 g/mol. The molecular formula is C12H19N5O2S2. The summed E-state index contributed by atoms with van der Waals surface area (Å²) in [7, 11) is -3.61. The number of H-pyrrole nitrogens is 1. The Bertz CT molecular complexity index is 664. The number of hydrogen-bond donors (Lipinski definition) is 3. The Kier molecular flexibility index (Phi) is 5.45. The van der Waals surface area contributed by atoms with E-state index in [4.69, 9.17) is 0 Å². The van der Waals surface area contributed by atoms with Crippen molar-refractivity contribution in [3.05, 3.63) is 28.0 Å². The van der Waals surface area contributed by atoms with Crippen LogP contribution >= 0.6 is 11.3 Å². The van der Waals surface area contributed by atoms with E-state index in [1.165, 1.54) is 11.3 Å². The van der Waals surface area contributed by atoms with Crippen LogP contribution in [0.25, 0.3) is 0 Å². The lowest BCUT2D eigenvalue weighted by atomic mass is 10.3. The van der Waals surface area contributed by atoms with Crippen LogP contribution in [0.2, 0.25) is 0 Å². The Morgan fingerprint density at radius 3 is 2.86 bits per heavy atom. The Morgan fingerprint density at radius 1 is 1.38 bits per heavy atom. The zero-order valence-electron chi connectivity index (χ0n) is 12.0. The molecule has 0 aliphatic heterocycles. The quantitative estimate of drug-likeness (QED) is 0.631. The number of nitrogens with one attached hydrogen (secondary N) is 3. The van der Waals surface area contributed by atoms with Crippen molar-refractivity contribution < 1.29 is 8.42 Å². The van der Waals surface area contributed by atoms with Gasteiger partial charge in [0.05, 0.1) is 29.1 Å². The van der Waals surface area contributed by atoms with E-state index in [1.54, 1.807) is 12.4 Å². The lowest BCUT2D eigenvalue weighted by Gasteiger charge is -2.07. The van der Waals surface area contributed by atoms with Gasteiger partial charge < -0.3 is 5.32 Å². The van der Waals surface area contributed by atoms with Crippen molar-refractivity contribution in [3.8, 4) is 0 Å². The number of sulfonamides is 1. The molecule has 0 saturated heterocycles. The first-order valence-corrected chi connectivity index (χ1v) is 9.08. The van der Waals surface area contributed by atoms with E-state index in [0.717, 1.165) is 13.0 Å². The zero-order chi connectivity index (χ0) is 15.3. The molecule has 0 unspecified atom stereocenters. The number of rotatable bonds is 8. The topological polar surface area (TPSA) is 99.8 Å². The summed E-state index contributed by atoms with van der Waals surface area (Å²) in [5.41, 5.74) is 3.42. The normalized spacial score (nSPS) is 11.9. The highest BCUT2D eigenvalue weighted by molar-refractivity contribution is 7.89. The van der Waals surface area contributed by atoms with Crippen LogP contribution in [-0.2, 0) is 23.1 Å². The summed E-state index contributed by atoms with van der Waals surface area (Å²) in [5.74, 6) is 0. The standard InChI is InChI=1S/C12H19N5O2S2/c1-3-4-13-6-11-12(9(2)16-17-11)21(18,19)15-5-10-7-20-8-14-10/h7-8,13,15H,3-6H2,1-2H3,(H,16,17). The van der Waals surface area contributed by atoms with Crippen molar-refractivity contribution in [1.29, 1.82) is 0 Å². The summed E-state index contributed by atoms with van der Waals surface area (Å²) in [4.78, 5) is 4.29. The van der Waals surface area contributed by atoms with Crippen LogP contribution in [0, 0.1) is 6.92 Å². The first-order chi connectivity index (χ1) is 10.0. The third-order valence-corrected chi connectivity index (χ3v) is 5.11. The van der Waals surface area contributed by atoms with Gasteiger partial charge in [-0.05, 0) is 19.9 Å². The van der Waals surface area contributed by atoms with Gasteiger partial charge in [-0.3, -0.25) is 5.10 Å². The minimum absolute atomic E-state index is 0.179. The van der Waals surface area contributed by atoms with Crippen LogP contribution < -0.4 is 10.0 Å². The van der Waals surface area contributed by atoms with Gasteiger partial charge in [-0.25, -0.2) is 18.1 Å². The van der Waals surface area contributed by atoms with Crippen LogP contribution in [0.3, 0.4) is 0 Å². The Labute approximate surface area is 128 Å². The predicted molar refractivity (Wildman–Crippen MR) is 81.5 cm³/mol. The molecule has 0 atom stereocenters. The van der Waals surface area contributed by atoms with Crippen LogP contribution in [-0.4, -0.2) is 30.1 Å². The first-order valence-electron chi connectivity index (χ1n) is 6.66. The summed E-state index contributed by atoms with van der Waals surface area (Å²) in [6.45, 7) is 5.17. The van der Waals surface area contributed by atoms with E-state index < -0.39 is 10.0 Å². The fraction of sp³-hybridized carbons (Fsp3) is 0.500. The summed E-state index contributed by atoms with van der Waals surface area (Å²) in [6, 6.07) is 0. The summed E-state index contributed by atoms with van der Waals surface area (Å²) in [5, 5.41) is 11.8. The van der Waals surface area contributed by atoms with Gasteiger partial charge in [-0.15, -0.1) is 11.3 Å². The molecule has 0 amide bonds. The molecule has 0 radical (unpaired) electrons. The van der Waals surface area contributed by atoms with Crippen molar-refractivity contribution in [2.45, 2.75) is 38.3 Å². The van der Waals surface area contributed by atoms with Gasteiger partial charge in [0.1, 0.15) is 4.90 Å². The predicted octanol–water partition coefficient (Wildman–Crippen LogP) is 1.15. The minimum Gasteiger partial charge on any atom is -0.311 e. The number of aromatic nitrogens is 3. The maximum Gasteiger partial charge on any atom is 0.244 e. The smallest absolute Gasteiger partial charge is 0.244 e. The molecule has 116 valence electrons. The number of hydrogen-bond acceptors (Lipinski definition) is 6. The largest absolute Gasteiger partial charge is 0.311 e. The molecule has 0 saturated carbocycles. The number of nitrogens with zero attached hydrogens (tertiary/aromatic N) is 2. The van der Waals surface area contributed by atoms with E-state index >= 15 is 0 Å². The Morgan fingerprint density at radius 2 is 2.19 bits per heavy atom. The monoisotopic (exact) mass is 329 g/mol. The maximum atomic E-state index is 12.4. The molecule has 9 heteroatoms. The van der Waals surface area contributed by atoms with Gasteiger partial charge >= 0.3 is 0 Å². The number of aromatic amines is 1. The van der Waals surface area contributed by atoms with Gasteiger partial charge in [0.15, 0.2) is 0 Å². The fourth-order valence-electron chi connectivity index (χ4n) is 1.90. The molecule has 0 fully saturated rings. The van der Waals surface area contributed by atoms with Gasteiger partial charge in [-0.2, -0.15) is 5.10 Å². The van der Waals surface area contributed by atoms with Gasteiger partial charge in [0.2, 0.25) is 10.0 Å². The third-order valence-electron chi connectivity index (χ3n) is 2.88. The van der Waals surface area contributed by atoms with Crippen molar-refractivity contribution in [2.24, 2.45) is 0 Å². The second-order valence-corrected chi connectivity index (χ2v) is 7.03. The highest BCUT2D eigenvalue weighted by Crippen LogP contribution is 2.17. The highest BCUT2D eigenvalue weighted by atomic mass is 32.2. The van der Waals surface area contributed by atoms with Crippen molar-refractivity contribution >= 4 is 21.4 Å². The van der Waals surface area contributed by atoms with Gasteiger partial charge in [0.25, 0.3) is 0 Å². The van der Waals surface area contributed by atoms with Crippen LogP contribution in [0.1, 0.15) is 30.4 Å². The molecule has 2 aromatic rings. The number of thiazole rings is 1. The lowest BCUT2D eigenvalue weighted by molar-refractivity contribution is 0.576. The fourth-order valence-corrected chi connectivity index (χ4v) is 3.81. The average Bonchev–Trinajstić information content (AvgIpc) is 3.07. The molecule has 0 aromatic carbocycles. The van der Waals surface area contributed by atoms with Gasteiger partial charge in [-0.1, -0.05) is 6.92 Å². The molecule has 0 bridgehead atoms. The third kappa shape index (κ3) is 4.10. The SMILES string of the molecule is CCCNCc1n[nH]c(C)c1S(=O)(=O)NCc1cscn1. The second-order valence-electron chi connectivity index (χ2n) is 4.61. The highest BCUT2D eigenvalue weighted by Gasteiger charge is 2.23. The van der Waals surface area contributed by atoms with E-state index in [0.29, 0.717) is 23.6 Å². The molecule has 21 heavy (non-hydrogen) atoms. The molecule has 3 N–H and O–H groups in total. The molecule has 2 rings (SSSR count). The lowest BCUT2D eigenvalue weighted by Crippen LogP contribution is -2.26. The molecule has 2 aromatic heterocycles. The molecule has 0 aliphatic rings. The van der Waals surface area contributed by atoms with E-state index in [2.05, 4.69) is 32.1 Å². The van der Waals surface area contributed by atoms with E-state index in [1.807, 2.05) is 5.38 Å². The Hall–Kier alpha value is -1.29. The second kappa shape index (κ2) is 7.12. The van der Waals surface area contributed by atoms with E-state index in [-0.39, 0.29) is 11.4 Å². The van der Waals surface area contributed by atoms with Crippen LogP contribution in [0.15, 0.2) is 15.8 Å².